The summed E-state index contributed by atoms with van der Waals surface area (Å²) in [6.07, 6.45) is 0.905. The number of ether oxygens (including phenoxy) is 3. The predicted octanol–water partition coefficient (Wildman–Crippen LogP) is 5.77. The number of urea groups is 1. The summed E-state index contributed by atoms with van der Waals surface area (Å²) in [4.78, 5) is 79.2. The summed E-state index contributed by atoms with van der Waals surface area (Å²) in [7, 11) is 0. The lowest BCUT2D eigenvalue weighted by atomic mass is 10.0. The fraction of sp³-hybridized carbons (Fsp3) is 0.511. The van der Waals surface area contributed by atoms with Gasteiger partial charge in [-0.15, -0.1) is 0 Å². The molecular formula is C45H63N5O9. The molecule has 3 atom stereocenters. The number of nitrogens with one attached hydrogen (secondary N) is 4. The van der Waals surface area contributed by atoms with Crippen LogP contribution in [0, 0.1) is 0 Å². The first-order chi connectivity index (χ1) is 27.5. The van der Waals surface area contributed by atoms with Crippen LogP contribution in [0.15, 0.2) is 66.7 Å². The van der Waals surface area contributed by atoms with Crippen LogP contribution >= 0.6 is 0 Å². The molecule has 0 aromatic heterocycles. The average Bonchev–Trinajstić information content (AvgIpc) is 3.13. The van der Waals surface area contributed by atoms with Crippen molar-refractivity contribution in [3.63, 3.8) is 0 Å². The zero-order valence-corrected chi connectivity index (χ0v) is 36.0. The minimum Gasteiger partial charge on any atom is -0.460 e. The second kappa shape index (κ2) is 21.5. The Morgan fingerprint density at radius 1 is 0.610 bits per heavy atom. The van der Waals surface area contributed by atoms with E-state index in [2.05, 4.69) is 21.3 Å². The zero-order valence-electron chi connectivity index (χ0n) is 36.0. The molecule has 0 aliphatic carbocycles. The van der Waals surface area contributed by atoms with E-state index < -0.39 is 64.8 Å². The number of amides is 4. The fourth-order valence-electron chi connectivity index (χ4n) is 5.96. The Balaban J connectivity index is 1.68. The molecule has 0 unspecified atom stereocenters. The molecule has 0 bridgehead atoms. The van der Waals surface area contributed by atoms with Crippen molar-refractivity contribution in [3.8, 4) is 0 Å². The van der Waals surface area contributed by atoms with Gasteiger partial charge in [0.25, 0.3) is 5.91 Å². The van der Waals surface area contributed by atoms with E-state index in [0.717, 1.165) is 21.9 Å². The molecule has 59 heavy (non-hydrogen) atoms. The highest BCUT2D eigenvalue weighted by Crippen LogP contribution is 2.18. The SMILES string of the molecule is CC(C)(C)OC(=O)CC[C@H](NC(=O)N[C@@H](CCCCNC(=O)[C@H](Cc1ccc2ccccc2c1)NC(=O)c1cccc(CN)c1)C(=O)OC(C)(C)C)C(=O)OC(C)(C)C. The number of esters is 3. The number of fused-ring (bicyclic) bond motifs is 1. The summed E-state index contributed by atoms with van der Waals surface area (Å²) >= 11 is 0. The third-order valence-electron chi connectivity index (χ3n) is 8.57. The molecule has 0 aliphatic heterocycles. The molecule has 0 fully saturated rings. The molecule has 0 radical (unpaired) electrons. The molecule has 4 amide bonds. The molecule has 0 spiro atoms. The summed E-state index contributed by atoms with van der Waals surface area (Å²) in [5.41, 5.74) is 5.36. The van der Waals surface area contributed by atoms with Gasteiger partial charge >= 0.3 is 23.9 Å². The number of benzene rings is 3. The lowest BCUT2D eigenvalue weighted by Gasteiger charge is -2.27. The Kier molecular flexibility index (Phi) is 17.4. The first kappa shape index (κ1) is 47.9. The first-order valence-electron chi connectivity index (χ1n) is 20.1. The van der Waals surface area contributed by atoms with Gasteiger partial charge in [-0.2, -0.15) is 0 Å². The van der Waals surface area contributed by atoms with Crippen LogP contribution in [0.25, 0.3) is 10.8 Å². The first-order valence-corrected chi connectivity index (χ1v) is 20.1. The van der Waals surface area contributed by atoms with Crippen LogP contribution in [0.1, 0.15) is 116 Å². The third kappa shape index (κ3) is 17.9. The van der Waals surface area contributed by atoms with Gasteiger partial charge < -0.3 is 41.2 Å². The molecule has 0 heterocycles. The number of nitrogens with two attached hydrogens (primary N) is 1. The fourth-order valence-corrected chi connectivity index (χ4v) is 5.96. The smallest absolute Gasteiger partial charge is 0.329 e. The third-order valence-corrected chi connectivity index (χ3v) is 8.57. The largest absolute Gasteiger partial charge is 0.460 e. The van der Waals surface area contributed by atoms with Gasteiger partial charge in [-0.1, -0.05) is 54.6 Å². The molecule has 3 aromatic carbocycles. The van der Waals surface area contributed by atoms with Gasteiger partial charge in [0.2, 0.25) is 5.91 Å². The van der Waals surface area contributed by atoms with E-state index in [1.165, 1.54) is 0 Å². The maximum atomic E-state index is 13.7. The Hall–Kier alpha value is -5.50. The Morgan fingerprint density at radius 2 is 1.20 bits per heavy atom. The van der Waals surface area contributed by atoms with Gasteiger partial charge in [0.15, 0.2) is 0 Å². The summed E-state index contributed by atoms with van der Waals surface area (Å²) in [5.74, 6) is -2.78. The summed E-state index contributed by atoms with van der Waals surface area (Å²) in [6.45, 7) is 15.8. The number of unbranched alkanes of at least 4 members (excludes halogenated alkanes) is 1. The minimum absolute atomic E-state index is 0.101. The van der Waals surface area contributed by atoms with E-state index in [-0.39, 0.29) is 44.7 Å². The second-order valence-corrected chi connectivity index (χ2v) is 17.5. The summed E-state index contributed by atoms with van der Waals surface area (Å²) in [6, 6.07) is 16.6. The maximum absolute atomic E-state index is 13.7. The molecule has 0 saturated carbocycles. The van der Waals surface area contributed by atoms with Gasteiger partial charge in [0.1, 0.15) is 34.9 Å². The monoisotopic (exact) mass is 817 g/mol. The van der Waals surface area contributed by atoms with Crippen LogP contribution in [0.2, 0.25) is 0 Å². The lowest BCUT2D eigenvalue weighted by Crippen LogP contribution is -2.53. The zero-order chi connectivity index (χ0) is 44.0. The number of hydrogen-bond donors (Lipinski definition) is 5. The predicted molar refractivity (Wildman–Crippen MR) is 226 cm³/mol. The van der Waals surface area contributed by atoms with E-state index in [9.17, 15) is 28.8 Å². The molecule has 0 saturated heterocycles. The molecule has 3 aromatic rings. The topological polar surface area (TPSA) is 204 Å². The van der Waals surface area contributed by atoms with Gasteiger partial charge in [-0.05, 0) is 122 Å². The van der Waals surface area contributed by atoms with Gasteiger partial charge in [-0.3, -0.25) is 14.4 Å². The highest BCUT2D eigenvalue weighted by molar-refractivity contribution is 5.98. The van der Waals surface area contributed by atoms with E-state index in [1.54, 1.807) is 80.5 Å². The van der Waals surface area contributed by atoms with Crippen LogP contribution in [0.3, 0.4) is 0 Å². The summed E-state index contributed by atoms with van der Waals surface area (Å²) < 4.78 is 16.4. The van der Waals surface area contributed by atoms with E-state index in [4.69, 9.17) is 19.9 Å². The molecule has 0 aliphatic rings. The highest BCUT2D eigenvalue weighted by Gasteiger charge is 2.31. The molecule has 14 heteroatoms. The Morgan fingerprint density at radius 3 is 1.80 bits per heavy atom. The average molecular weight is 818 g/mol. The molecule has 14 nitrogen and oxygen atoms in total. The maximum Gasteiger partial charge on any atom is 0.329 e. The second-order valence-electron chi connectivity index (χ2n) is 17.5. The van der Waals surface area contributed by atoms with Crippen LogP contribution in [0.5, 0.6) is 0 Å². The van der Waals surface area contributed by atoms with Gasteiger partial charge in [-0.25, -0.2) is 14.4 Å². The lowest BCUT2D eigenvalue weighted by molar-refractivity contribution is -0.159. The van der Waals surface area contributed by atoms with Crippen molar-refractivity contribution >= 4 is 46.5 Å². The normalized spacial score (nSPS) is 13.3. The van der Waals surface area contributed by atoms with E-state index in [0.29, 0.717) is 18.4 Å². The molecule has 6 N–H and O–H groups in total. The molecule has 3 rings (SSSR count). The van der Waals surface area contributed by atoms with Crippen molar-refractivity contribution in [3.05, 3.63) is 83.4 Å². The van der Waals surface area contributed by atoms with Crippen LogP contribution in [-0.2, 0) is 46.4 Å². The van der Waals surface area contributed by atoms with Crippen molar-refractivity contribution in [2.45, 2.75) is 142 Å². The van der Waals surface area contributed by atoms with E-state index in [1.807, 2.05) is 48.5 Å². The number of carbonyl (C=O) groups is 6. The van der Waals surface area contributed by atoms with Crippen molar-refractivity contribution in [1.29, 1.82) is 0 Å². The van der Waals surface area contributed by atoms with Crippen molar-refractivity contribution in [1.82, 2.24) is 21.3 Å². The molecule has 322 valence electrons. The Bertz CT molecular complexity index is 1930. The quantitative estimate of drug-likeness (QED) is 0.0596. The van der Waals surface area contributed by atoms with Crippen LogP contribution in [-0.4, -0.2) is 77.2 Å². The Labute approximate surface area is 348 Å². The van der Waals surface area contributed by atoms with Crippen molar-refractivity contribution in [2.24, 2.45) is 5.73 Å². The van der Waals surface area contributed by atoms with Crippen LogP contribution < -0.4 is 27.0 Å². The van der Waals surface area contributed by atoms with E-state index >= 15 is 0 Å². The summed E-state index contributed by atoms with van der Waals surface area (Å²) in [5, 5.41) is 13.1. The minimum atomic E-state index is -1.22. The number of rotatable bonds is 18. The standard InChI is InChI=1S/C45H63N5O9/c1-43(2,3)57-37(51)23-22-35(41(55)59-45(7,8)9)50-42(56)49-34(40(54)58-44(4,5)6)19-12-13-24-47-39(53)36(48-38(52)33-18-14-15-30(26-33)28-46)27-29-20-21-31-16-10-11-17-32(31)25-29/h10-11,14-18,20-21,25-26,34-36H,12-13,19,22-24,27-28,46H2,1-9H3,(H,47,53)(H,48,52)(H2,49,50,56)/t34-,35-,36-/m0/s1. The van der Waals surface area contributed by atoms with Crippen LogP contribution in [0.4, 0.5) is 4.79 Å². The molecular weight excluding hydrogens is 755 g/mol. The van der Waals surface area contributed by atoms with Gasteiger partial charge in [0, 0.05) is 31.5 Å². The van der Waals surface area contributed by atoms with Crippen molar-refractivity contribution < 1.29 is 43.0 Å². The van der Waals surface area contributed by atoms with Gasteiger partial charge in [0.05, 0.1) is 0 Å². The highest BCUT2D eigenvalue weighted by atomic mass is 16.6. The van der Waals surface area contributed by atoms with Crippen molar-refractivity contribution in [2.75, 3.05) is 6.54 Å². The number of hydrogen-bond acceptors (Lipinski definition) is 10. The number of carbonyl (C=O) groups excluding carboxylic acids is 6.